The first-order valence-corrected chi connectivity index (χ1v) is 6.59. The van der Waals surface area contributed by atoms with Crippen LogP contribution in [0, 0.1) is 0 Å². The van der Waals surface area contributed by atoms with Crippen LogP contribution in [0.25, 0.3) is 0 Å². The Labute approximate surface area is 130 Å². The van der Waals surface area contributed by atoms with Gasteiger partial charge < -0.3 is 29.1 Å². The number of benzene rings is 1. The van der Waals surface area contributed by atoms with Gasteiger partial charge in [-0.2, -0.15) is 0 Å². The summed E-state index contributed by atoms with van der Waals surface area (Å²) in [6, 6.07) is 10.1. The van der Waals surface area contributed by atoms with E-state index in [0.717, 1.165) is 6.54 Å². The van der Waals surface area contributed by atoms with Gasteiger partial charge in [-0.05, 0) is 0 Å². The Kier molecular flexibility index (Phi) is 8.85. The van der Waals surface area contributed by atoms with E-state index in [0.29, 0.717) is 16.9 Å². The second-order valence-corrected chi connectivity index (χ2v) is 5.72. The molecule has 0 radical (unpaired) electrons. The minimum atomic E-state index is 0. The normalized spacial score (nSPS) is 13.5. The molecule has 102 valence electrons. The summed E-state index contributed by atoms with van der Waals surface area (Å²) in [7, 11) is 1.99. The number of nitrogens with zero attached hydrogens (tertiary/aromatic N) is 1. The Hall–Kier alpha value is -0.110. The van der Waals surface area contributed by atoms with E-state index in [-0.39, 0.29) is 35.7 Å². The van der Waals surface area contributed by atoms with Crippen LogP contribution in [0.3, 0.4) is 0 Å². The average Bonchev–Trinajstić information content (AvgIpc) is 2.30. The van der Waals surface area contributed by atoms with E-state index in [9.17, 15) is 4.79 Å². The Morgan fingerprint density at radius 2 is 1.94 bits per heavy atom. The lowest BCUT2D eigenvalue weighted by Crippen LogP contribution is -3.00. The molecule has 0 fully saturated rings. The van der Waals surface area contributed by atoms with Crippen molar-refractivity contribution in [3.05, 3.63) is 35.9 Å². The standard InChI is InChI=1S/C13H20NO2S.HI/c1-3-13(16)17-14(2,9-10-15)11-12-7-5-4-6-8-12;/h4-8,15H,3,9-11H2,1-2H3;1H/q+1;/p-1. The molecule has 1 aromatic rings. The Morgan fingerprint density at radius 1 is 1.33 bits per heavy atom. The summed E-state index contributed by atoms with van der Waals surface area (Å²) in [5, 5.41) is 9.29. The summed E-state index contributed by atoms with van der Waals surface area (Å²) in [6.07, 6.45) is 0.527. The van der Waals surface area contributed by atoms with Gasteiger partial charge in [-0.15, -0.1) is 0 Å². The fourth-order valence-corrected chi connectivity index (χ4v) is 2.66. The van der Waals surface area contributed by atoms with E-state index in [1.54, 1.807) is 0 Å². The van der Waals surface area contributed by atoms with Crippen molar-refractivity contribution in [1.82, 2.24) is 0 Å². The Morgan fingerprint density at radius 3 is 2.44 bits per heavy atom. The number of hydrogen-bond donors (Lipinski definition) is 1. The monoisotopic (exact) mass is 381 g/mol. The number of aliphatic hydroxyl groups excluding tert-OH is 1. The SMILES string of the molecule is CCC(=O)S[N+](C)(CCO)Cc1ccccc1.[I-]. The molecule has 0 heterocycles. The molecule has 0 spiro atoms. The number of carbonyl (C=O) groups is 1. The number of likely N-dealkylation sites (N-methyl/N-ethyl adjacent to an activating group) is 1. The summed E-state index contributed by atoms with van der Waals surface area (Å²) < 4.78 is 0.493. The zero-order valence-corrected chi connectivity index (χ0v) is 13.8. The molecule has 0 saturated heterocycles. The third-order valence-electron chi connectivity index (χ3n) is 2.54. The molecule has 0 aromatic heterocycles. The lowest BCUT2D eigenvalue weighted by molar-refractivity contribution is -0.787. The highest BCUT2D eigenvalue weighted by atomic mass is 127. The van der Waals surface area contributed by atoms with Crippen LogP contribution in [-0.4, -0.2) is 34.3 Å². The van der Waals surface area contributed by atoms with Gasteiger partial charge >= 0.3 is 0 Å². The van der Waals surface area contributed by atoms with Crippen LogP contribution in [0.4, 0.5) is 0 Å². The van der Waals surface area contributed by atoms with Crippen LogP contribution in [0.15, 0.2) is 30.3 Å². The maximum atomic E-state index is 11.6. The molecule has 0 aliphatic heterocycles. The molecule has 3 nitrogen and oxygen atoms in total. The number of hydrogen-bond acceptors (Lipinski definition) is 3. The number of quaternary nitrogens is 1. The van der Waals surface area contributed by atoms with Crippen molar-refractivity contribution < 1.29 is 37.8 Å². The molecule has 1 N–H and O–H groups in total. The van der Waals surface area contributed by atoms with E-state index in [4.69, 9.17) is 5.11 Å². The minimum absolute atomic E-state index is 0. The van der Waals surface area contributed by atoms with Crippen molar-refractivity contribution >= 4 is 17.1 Å². The van der Waals surface area contributed by atoms with Crippen molar-refractivity contribution in [3.8, 4) is 0 Å². The highest BCUT2D eigenvalue weighted by molar-refractivity contribution is 8.08. The van der Waals surface area contributed by atoms with Crippen LogP contribution in [0.5, 0.6) is 0 Å². The van der Waals surface area contributed by atoms with Gasteiger partial charge in [0.2, 0.25) is 5.12 Å². The smallest absolute Gasteiger partial charge is 0.245 e. The van der Waals surface area contributed by atoms with Gasteiger partial charge in [0.05, 0.1) is 13.7 Å². The van der Waals surface area contributed by atoms with E-state index in [1.165, 1.54) is 17.5 Å². The molecule has 0 bridgehead atoms. The minimum Gasteiger partial charge on any atom is -1.00 e. The molecule has 1 unspecified atom stereocenters. The zero-order chi connectivity index (χ0) is 12.7. The van der Waals surface area contributed by atoms with Crippen LogP contribution >= 0.6 is 11.9 Å². The quantitative estimate of drug-likeness (QED) is 0.399. The van der Waals surface area contributed by atoms with E-state index < -0.39 is 0 Å². The second kappa shape index (κ2) is 8.90. The third kappa shape index (κ3) is 6.17. The fourth-order valence-electron chi connectivity index (χ4n) is 1.65. The van der Waals surface area contributed by atoms with Gasteiger partial charge in [-0.25, -0.2) is 0 Å². The third-order valence-corrected chi connectivity index (χ3v) is 3.79. The summed E-state index contributed by atoms with van der Waals surface area (Å²) >= 11 is 1.31. The predicted octanol–water partition coefficient (Wildman–Crippen LogP) is -0.786. The van der Waals surface area contributed by atoms with E-state index in [2.05, 4.69) is 0 Å². The molecular formula is C13H20INO2S. The largest absolute Gasteiger partial charge is 1.00 e. The fraction of sp³-hybridized carbons (Fsp3) is 0.462. The van der Waals surface area contributed by atoms with Gasteiger partial charge in [-0.1, -0.05) is 37.3 Å². The number of rotatable bonds is 6. The first kappa shape index (κ1) is 17.9. The van der Waals surface area contributed by atoms with Gasteiger partial charge in [0, 0.05) is 12.0 Å². The molecule has 1 aromatic carbocycles. The molecule has 1 atom stereocenters. The van der Waals surface area contributed by atoms with Crippen molar-refractivity contribution in [2.24, 2.45) is 0 Å². The molecule has 5 heteroatoms. The van der Waals surface area contributed by atoms with Gasteiger partial charge in [0.15, 0.2) is 11.9 Å². The van der Waals surface area contributed by atoms with Gasteiger partial charge in [-0.3, -0.25) is 8.68 Å². The maximum Gasteiger partial charge on any atom is 0.245 e. The lowest BCUT2D eigenvalue weighted by Gasteiger charge is -2.30. The van der Waals surface area contributed by atoms with Crippen LogP contribution in [0.1, 0.15) is 18.9 Å². The molecule has 0 amide bonds. The lowest BCUT2D eigenvalue weighted by atomic mass is 10.2. The highest BCUT2D eigenvalue weighted by Gasteiger charge is 2.27. The van der Waals surface area contributed by atoms with Gasteiger partial charge in [0.25, 0.3) is 0 Å². The van der Waals surface area contributed by atoms with E-state index in [1.807, 2.05) is 44.3 Å². The molecule has 18 heavy (non-hydrogen) atoms. The zero-order valence-electron chi connectivity index (χ0n) is 10.8. The number of aliphatic hydroxyl groups is 1. The van der Waals surface area contributed by atoms with Crippen molar-refractivity contribution in [1.29, 1.82) is 0 Å². The van der Waals surface area contributed by atoms with Crippen molar-refractivity contribution in [2.75, 3.05) is 20.2 Å². The predicted molar refractivity (Wildman–Crippen MR) is 71.2 cm³/mol. The summed E-state index contributed by atoms with van der Waals surface area (Å²) in [5.41, 5.74) is 1.18. The summed E-state index contributed by atoms with van der Waals surface area (Å²) in [6.45, 7) is 3.28. The average molecular weight is 381 g/mol. The van der Waals surface area contributed by atoms with Crippen LogP contribution in [0.2, 0.25) is 0 Å². The van der Waals surface area contributed by atoms with E-state index >= 15 is 0 Å². The first-order valence-electron chi connectivity index (χ1n) is 5.81. The van der Waals surface area contributed by atoms with Crippen molar-refractivity contribution in [2.45, 2.75) is 19.9 Å². The number of halogens is 1. The maximum absolute atomic E-state index is 11.6. The summed E-state index contributed by atoms with van der Waals surface area (Å²) in [5.74, 6) is 0. The van der Waals surface area contributed by atoms with Crippen LogP contribution < -0.4 is 24.0 Å². The molecular weight excluding hydrogens is 361 g/mol. The Bertz CT molecular complexity index is 361. The number of carbonyl (C=O) groups excluding carboxylic acids is 1. The molecule has 0 saturated carbocycles. The second-order valence-electron chi connectivity index (χ2n) is 4.20. The van der Waals surface area contributed by atoms with Gasteiger partial charge in [0.1, 0.15) is 13.1 Å². The van der Waals surface area contributed by atoms with Crippen molar-refractivity contribution in [3.63, 3.8) is 0 Å². The highest BCUT2D eigenvalue weighted by Crippen LogP contribution is 2.25. The van der Waals surface area contributed by atoms with Crippen LogP contribution in [-0.2, 0) is 11.3 Å². The molecule has 0 aliphatic carbocycles. The first-order chi connectivity index (χ1) is 8.09. The molecule has 1 rings (SSSR count). The summed E-state index contributed by atoms with van der Waals surface area (Å²) in [4.78, 5) is 11.6. The topological polar surface area (TPSA) is 37.3 Å². The Balaban J connectivity index is 0.00000289. The molecule has 0 aliphatic rings.